The monoisotopic (exact) mass is 166 g/mol. The van der Waals surface area contributed by atoms with E-state index in [1.54, 1.807) is 12.1 Å². The molecular formula is C9H11FN2. The Bertz CT molecular complexity index is 284. The van der Waals surface area contributed by atoms with Crippen LogP contribution in [0.4, 0.5) is 4.39 Å². The van der Waals surface area contributed by atoms with Crippen molar-refractivity contribution < 1.29 is 4.39 Å². The quantitative estimate of drug-likeness (QED) is 0.678. The molecule has 3 heteroatoms. The van der Waals surface area contributed by atoms with Gasteiger partial charge in [-0.15, -0.1) is 0 Å². The first-order valence-corrected chi connectivity index (χ1v) is 4.15. The largest absolute Gasteiger partial charge is 0.324 e. The van der Waals surface area contributed by atoms with Gasteiger partial charge in [0, 0.05) is 17.8 Å². The van der Waals surface area contributed by atoms with Gasteiger partial charge in [-0.1, -0.05) is 6.07 Å². The van der Waals surface area contributed by atoms with Crippen LogP contribution >= 0.6 is 0 Å². The minimum absolute atomic E-state index is 0.154. The van der Waals surface area contributed by atoms with Crippen LogP contribution in [0.5, 0.6) is 0 Å². The smallest absolute Gasteiger partial charge is 0.217 e. The maximum absolute atomic E-state index is 13.0. The molecule has 2 rings (SSSR count). The summed E-state index contributed by atoms with van der Waals surface area (Å²) in [6.07, 6.45) is 3.68. The summed E-state index contributed by atoms with van der Waals surface area (Å²) in [4.78, 5) is 3.56. The van der Waals surface area contributed by atoms with E-state index in [4.69, 9.17) is 5.73 Å². The number of nitrogens with two attached hydrogens (primary N) is 1. The summed E-state index contributed by atoms with van der Waals surface area (Å²) >= 11 is 0. The molecule has 12 heavy (non-hydrogen) atoms. The molecule has 1 saturated carbocycles. The van der Waals surface area contributed by atoms with E-state index in [9.17, 15) is 4.39 Å². The fourth-order valence-electron chi connectivity index (χ4n) is 1.36. The Hall–Kier alpha value is -0.960. The van der Waals surface area contributed by atoms with Crippen molar-refractivity contribution in [3.63, 3.8) is 0 Å². The van der Waals surface area contributed by atoms with E-state index in [1.165, 1.54) is 6.20 Å². The third-order valence-electron chi connectivity index (χ3n) is 2.28. The lowest BCUT2D eigenvalue weighted by Gasteiger charge is -2.09. The molecule has 1 aromatic rings. The zero-order valence-corrected chi connectivity index (χ0v) is 6.70. The van der Waals surface area contributed by atoms with Gasteiger partial charge in [-0.05, 0) is 24.8 Å². The highest BCUT2D eigenvalue weighted by Gasteiger charge is 2.31. The Kier molecular flexibility index (Phi) is 1.81. The lowest BCUT2D eigenvalue weighted by Crippen LogP contribution is -2.14. The topological polar surface area (TPSA) is 38.9 Å². The van der Waals surface area contributed by atoms with Gasteiger partial charge in [0.15, 0.2) is 0 Å². The number of pyridine rings is 1. The van der Waals surface area contributed by atoms with Crippen LogP contribution in [0.2, 0.25) is 0 Å². The summed E-state index contributed by atoms with van der Waals surface area (Å²) in [5.74, 6) is 0.0561. The second-order valence-electron chi connectivity index (χ2n) is 3.25. The second kappa shape index (κ2) is 2.83. The molecule has 0 saturated heterocycles. The number of hydrogen-bond acceptors (Lipinski definition) is 2. The summed E-state index contributed by atoms with van der Waals surface area (Å²) in [5.41, 5.74) is 6.38. The molecule has 0 bridgehead atoms. The van der Waals surface area contributed by atoms with Crippen molar-refractivity contribution in [3.8, 4) is 0 Å². The Morgan fingerprint density at radius 1 is 1.58 bits per heavy atom. The summed E-state index contributed by atoms with van der Waals surface area (Å²) in [7, 11) is 0. The van der Waals surface area contributed by atoms with Gasteiger partial charge >= 0.3 is 0 Å². The molecule has 1 aromatic heterocycles. The van der Waals surface area contributed by atoms with Gasteiger partial charge < -0.3 is 5.73 Å². The van der Waals surface area contributed by atoms with E-state index in [0.717, 1.165) is 12.8 Å². The van der Waals surface area contributed by atoms with E-state index >= 15 is 0 Å². The predicted molar refractivity (Wildman–Crippen MR) is 43.8 cm³/mol. The van der Waals surface area contributed by atoms with Crippen molar-refractivity contribution in [2.24, 2.45) is 11.7 Å². The third kappa shape index (κ3) is 1.32. The normalized spacial score (nSPS) is 19.2. The standard InChI is InChI=1S/C9H11FN2/c10-9-7(2-1-5-12-9)8(11)6-3-4-6/h1-2,5-6,8H,3-4,11H2. The molecule has 0 aromatic carbocycles. The van der Waals surface area contributed by atoms with Crippen molar-refractivity contribution >= 4 is 0 Å². The molecule has 64 valence electrons. The van der Waals surface area contributed by atoms with Crippen LogP contribution in [-0.4, -0.2) is 4.98 Å². The summed E-state index contributed by atoms with van der Waals surface area (Å²) < 4.78 is 13.0. The Morgan fingerprint density at radius 2 is 2.33 bits per heavy atom. The van der Waals surface area contributed by atoms with Crippen molar-refractivity contribution in [1.29, 1.82) is 0 Å². The minimum atomic E-state index is -0.420. The number of hydrogen-bond donors (Lipinski definition) is 1. The maximum atomic E-state index is 13.0. The van der Waals surface area contributed by atoms with E-state index < -0.39 is 5.95 Å². The molecule has 0 amide bonds. The van der Waals surface area contributed by atoms with E-state index in [1.807, 2.05) is 0 Å². The van der Waals surface area contributed by atoms with Crippen molar-refractivity contribution in [3.05, 3.63) is 29.8 Å². The van der Waals surface area contributed by atoms with Crippen LogP contribution < -0.4 is 5.73 Å². The van der Waals surface area contributed by atoms with Gasteiger partial charge in [0.2, 0.25) is 5.95 Å². The maximum Gasteiger partial charge on any atom is 0.217 e. The lowest BCUT2D eigenvalue weighted by atomic mass is 10.1. The van der Waals surface area contributed by atoms with Crippen LogP contribution in [0, 0.1) is 11.9 Å². The Balaban J connectivity index is 2.25. The first kappa shape index (κ1) is 7.68. The molecule has 0 aliphatic heterocycles. The summed E-state index contributed by atoms with van der Waals surface area (Å²) in [6, 6.07) is 3.28. The van der Waals surface area contributed by atoms with Gasteiger partial charge in [0.1, 0.15) is 0 Å². The van der Waals surface area contributed by atoms with E-state index in [-0.39, 0.29) is 6.04 Å². The first-order valence-electron chi connectivity index (χ1n) is 4.15. The molecule has 2 nitrogen and oxygen atoms in total. The summed E-state index contributed by atoms with van der Waals surface area (Å²) in [6.45, 7) is 0. The Morgan fingerprint density at radius 3 is 2.92 bits per heavy atom. The van der Waals surface area contributed by atoms with Gasteiger partial charge in [-0.25, -0.2) is 4.98 Å². The highest BCUT2D eigenvalue weighted by molar-refractivity contribution is 5.17. The number of halogens is 1. The second-order valence-corrected chi connectivity index (χ2v) is 3.25. The molecule has 1 unspecified atom stereocenters. The van der Waals surface area contributed by atoms with Gasteiger partial charge in [0.05, 0.1) is 0 Å². The van der Waals surface area contributed by atoms with Crippen LogP contribution in [0.3, 0.4) is 0 Å². The molecule has 1 aliphatic rings. The van der Waals surface area contributed by atoms with Crippen molar-refractivity contribution in [2.45, 2.75) is 18.9 Å². The SMILES string of the molecule is NC(c1cccnc1F)C1CC1. The molecule has 1 heterocycles. The third-order valence-corrected chi connectivity index (χ3v) is 2.28. The predicted octanol–water partition coefficient (Wildman–Crippen LogP) is 1.63. The average Bonchev–Trinajstić information content (AvgIpc) is 2.86. The van der Waals surface area contributed by atoms with E-state index in [0.29, 0.717) is 11.5 Å². The van der Waals surface area contributed by atoms with Crippen LogP contribution in [0.15, 0.2) is 18.3 Å². The van der Waals surface area contributed by atoms with Gasteiger partial charge in [-0.3, -0.25) is 0 Å². The molecule has 0 radical (unpaired) electrons. The Labute approximate surface area is 70.6 Å². The molecular weight excluding hydrogens is 155 g/mol. The number of rotatable bonds is 2. The zero-order chi connectivity index (χ0) is 8.55. The van der Waals surface area contributed by atoms with Gasteiger partial charge in [0.25, 0.3) is 0 Å². The summed E-state index contributed by atoms with van der Waals surface area (Å²) in [5, 5.41) is 0. The molecule has 1 aliphatic carbocycles. The number of nitrogens with zero attached hydrogens (tertiary/aromatic N) is 1. The molecule has 1 atom stereocenters. The zero-order valence-electron chi connectivity index (χ0n) is 6.70. The highest BCUT2D eigenvalue weighted by Crippen LogP contribution is 2.39. The van der Waals surface area contributed by atoms with Crippen LogP contribution in [-0.2, 0) is 0 Å². The van der Waals surface area contributed by atoms with Crippen molar-refractivity contribution in [1.82, 2.24) is 4.98 Å². The fourth-order valence-corrected chi connectivity index (χ4v) is 1.36. The number of aromatic nitrogens is 1. The van der Waals surface area contributed by atoms with Crippen LogP contribution in [0.1, 0.15) is 24.4 Å². The molecule has 1 fully saturated rings. The first-order chi connectivity index (χ1) is 5.79. The fraction of sp³-hybridized carbons (Fsp3) is 0.444. The lowest BCUT2D eigenvalue weighted by molar-refractivity contribution is 0.524. The van der Waals surface area contributed by atoms with E-state index in [2.05, 4.69) is 4.98 Å². The van der Waals surface area contributed by atoms with Crippen molar-refractivity contribution in [2.75, 3.05) is 0 Å². The minimum Gasteiger partial charge on any atom is -0.324 e. The van der Waals surface area contributed by atoms with Crippen LogP contribution in [0.25, 0.3) is 0 Å². The van der Waals surface area contributed by atoms with Gasteiger partial charge in [-0.2, -0.15) is 4.39 Å². The average molecular weight is 166 g/mol. The molecule has 2 N–H and O–H groups in total. The highest BCUT2D eigenvalue weighted by atomic mass is 19.1. The molecule has 0 spiro atoms.